The van der Waals surface area contributed by atoms with Gasteiger partial charge in [0.2, 0.25) is 15.9 Å². The van der Waals surface area contributed by atoms with Gasteiger partial charge in [0.05, 0.1) is 15.0 Å². The third-order valence-corrected chi connectivity index (χ3v) is 8.50. The van der Waals surface area contributed by atoms with Gasteiger partial charge in [-0.05, 0) is 42.8 Å². The Morgan fingerprint density at radius 2 is 1.59 bits per heavy atom. The van der Waals surface area contributed by atoms with Crippen molar-refractivity contribution in [2.24, 2.45) is 0 Å². The fourth-order valence-electron chi connectivity index (χ4n) is 3.03. The molecule has 1 N–H and O–H groups in total. The van der Waals surface area contributed by atoms with Crippen LogP contribution in [0.2, 0.25) is 0 Å². The van der Waals surface area contributed by atoms with Crippen LogP contribution in [0.3, 0.4) is 0 Å². The van der Waals surface area contributed by atoms with Crippen molar-refractivity contribution in [1.29, 1.82) is 0 Å². The van der Waals surface area contributed by atoms with Crippen LogP contribution in [0.1, 0.15) is 13.3 Å². The van der Waals surface area contributed by atoms with E-state index >= 15 is 0 Å². The van der Waals surface area contributed by atoms with Gasteiger partial charge in [0.1, 0.15) is 0 Å². The van der Waals surface area contributed by atoms with E-state index in [1.165, 1.54) is 47.6 Å². The number of nitrogens with one attached hydrogen (secondary N) is 1. The molecule has 0 radical (unpaired) electrons. The molecule has 2 aromatic rings. The van der Waals surface area contributed by atoms with E-state index in [1.807, 2.05) is 0 Å². The molecule has 0 bridgehead atoms. The molecule has 9 heteroatoms. The number of amides is 1. The first-order chi connectivity index (χ1) is 12.7. The van der Waals surface area contributed by atoms with Crippen LogP contribution in [0.15, 0.2) is 64.4 Å². The topological polar surface area (TPSA) is 101 Å². The number of carbonyl (C=O) groups excluding carboxylic acids is 1. The molecule has 1 aliphatic rings. The first-order valence-corrected chi connectivity index (χ1v) is 11.4. The van der Waals surface area contributed by atoms with Crippen molar-refractivity contribution >= 4 is 31.5 Å². The maximum absolute atomic E-state index is 12.8. The second-order valence-electron chi connectivity index (χ2n) is 6.34. The Morgan fingerprint density at radius 3 is 2.19 bits per heavy atom. The average molecular weight is 409 g/mol. The highest BCUT2D eigenvalue weighted by Gasteiger charge is 2.39. The molecule has 0 aliphatic carbocycles. The quantitative estimate of drug-likeness (QED) is 0.814. The standard InChI is InChI=1S/C18H20N2O5S2/c1-14(21)19-15-7-9-17(10-8-15)27(24,25)20-12-11-18(13-20)26(22,23)16-5-3-2-4-6-16/h2-10,18H,11-13H2,1H3,(H,19,21). The number of sulfonamides is 1. The molecule has 2 aromatic carbocycles. The maximum atomic E-state index is 12.8. The molecular weight excluding hydrogens is 388 g/mol. The SMILES string of the molecule is CC(=O)Nc1ccc(S(=O)(=O)N2CCC(S(=O)(=O)c3ccccc3)C2)cc1. The molecule has 1 heterocycles. The highest BCUT2D eigenvalue weighted by molar-refractivity contribution is 7.92. The van der Waals surface area contributed by atoms with Gasteiger partial charge in [-0.2, -0.15) is 4.31 Å². The maximum Gasteiger partial charge on any atom is 0.243 e. The van der Waals surface area contributed by atoms with Crippen LogP contribution in [0.4, 0.5) is 5.69 Å². The van der Waals surface area contributed by atoms with E-state index in [2.05, 4.69) is 5.32 Å². The van der Waals surface area contributed by atoms with Gasteiger partial charge in [0, 0.05) is 25.7 Å². The minimum Gasteiger partial charge on any atom is -0.326 e. The lowest BCUT2D eigenvalue weighted by molar-refractivity contribution is -0.114. The lowest BCUT2D eigenvalue weighted by Crippen LogP contribution is -2.32. The van der Waals surface area contributed by atoms with Crippen LogP contribution < -0.4 is 5.32 Å². The Hall–Kier alpha value is -2.23. The minimum absolute atomic E-state index is 0.0642. The number of anilines is 1. The molecule has 1 saturated heterocycles. The first kappa shape index (κ1) is 19.5. The molecule has 1 amide bonds. The summed E-state index contributed by atoms with van der Waals surface area (Å²) in [4.78, 5) is 11.3. The highest BCUT2D eigenvalue weighted by atomic mass is 32.2. The number of rotatable bonds is 5. The monoisotopic (exact) mass is 408 g/mol. The summed E-state index contributed by atoms with van der Waals surface area (Å²) < 4.78 is 52.3. The lowest BCUT2D eigenvalue weighted by Gasteiger charge is -2.17. The van der Waals surface area contributed by atoms with E-state index in [9.17, 15) is 21.6 Å². The Morgan fingerprint density at radius 1 is 0.963 bits per heavy atom. The van der Waals surface area contributed by atoms with Crippen molar-refractivity contribution in [2.45, 2.75) is 28.4 Å². The summed E-state index contributed by atoms with van der Waals surface area (Å²) in [6.45, 7) is 1.43. The van der Waals surface area contributed by atoms with Crippen LogP contribution >= 0.6 is 0 Å². The van der Waals surface area contributed by atoms with Crippen LogP contribution in [-0.2, 0) is 24.7 Å². The third kappa shape index (κ3) is 4.05. The summed E-state index contributed by atoms with van der Waals surface area (Å²) >= 11 is 0. The van der Waals surface area contributed by atoms with Crippen LogP contribution in [-0.4, -0.2) is 45.4 Å². The molecule has 0 aromatic heterocycles. The second kappa shape index (κ2) is 7.41. The molecule has 1 aliphatic heterocycles. The Balaban J connectivity index is 1.78. The Kier molecular flexibility index (Phi) is 5.36. The van der Waals surface area contributed by atoms with E-state index in [0.717, 1.165) is 0 Å². The lowest BCUT2D eigenvalue weighted by atomic mass is 10.3. The number of nitrogens with zero attached hydrogens (tertiary/aromatic N) is 1. The predicted molar refractivity (Wildman–Crippen MR) is 102 cm³/mol. The summed E-state index contributed by atoms with van der Waals surface area (Å²) in [5, 5.41) is 1.80. The van der Waals surface area contributed by atoms with Gasteiger partial charge in [-0.1, -0.05) is 18.2 Å². The zero-order chi connectivity index (χ0) is 19.7. The average Bonchev–Trinajstić information content (AvgIpc) is 3.14. The molecule has 3 rings (SSSR count). The molecule has 144 valence electrons. The van der Waals surface area contributed by atoms with Gasteiger partial charge in [-0.3, -0.25) is 4.79 Å². The minimum atomic E-state index is -3.80. The number of hydrogen-bond donors (Lipinski definition) is 1. The highest BCUT2D eigenvalue weighted by Crippen LogP contribution is 2.28. The fraction of sp³-hybridized carbons (Fsp3) is 0.278. The van der Waals surface area contributed by atoms with E-state index in [-0.39, 0.29) is 35.2 Å². The van der Waals surface area contributed by atoms with Gasteiger partial charge in [-0.15, -0.1) is 0 Å². The van der Waals surface area contributed by atoms with Crippen LogP contribution in [0.5, 0.6) is 0 Å². The molecule has 0 spiro atoms. The summed E-state index contributed by atoms with van der Waals surface area (Å²) in [7, 11) is -7.39. The van der Waals surface area contributed by atoms with Crippen molar-refractivity contribution < 1.29 is 21.6 Å². The van der Waals surface area contributed by atoms with E-state index < -0.39 is 25.1 Å². The molecule has 1 atom stereocenters. The smallest absolute Gasteiger partial charge is 0.243 e. The molecular formula is C18H20N2O5S2. The van der Waals surface area contributed by atoms with Crippen LogP contribution in [0, 0.1) is 0 Å². The molecule has 27 heavy (non-hydrogen) atoms. The second-order valence-corrected chi connectivity index (χ2v) is 10.5. The van der Waals surface area contributed by atoms with E-state index in [0.29, 0.717) is 5.69 Å². The normalized spacial score (nSPS) is 18.3. The number of carbonyl (C=O) groups is 1. The number of hydrogen-bond acceptors (Lipinski definition) is 5. The molecule has 7 nitrogen and oxygen atoms in total. The Bertz CT molecular complexity index is 1030. The van der Waals surface area contributed by atoms with Crippen molar-refractivity contribution in [3.63, 3.8) is 0 Å². The van der Waals surface area contributed by atoms with Crippen molar-refractivity contribution in [1.82, 2.24) is 4.31 Å². The summed E-state index contributed by atoms with van der Waals surface area (Å²) in [6, 6.07) is 13.9. The zero-order valence-electron chi connectivity index (χ0n) is 14.7. The Labute approximate surface area is 159 Å². The summed E-state index contributed by atoms with van der Waals surface area (Å²) in [5.41, 5.74) is 0.493. The van der Waals surface area contributed by atoms with Gasteiger partial charge >= 0.3 is 0 Å². The number of benzene rings is 2. The zero-order valence-corrected chi connectivity index (χ0v) is 16.3. The largest absolute Gasteiger partial charge is 0.326 e. The number of sulfone groups is 1. The van der Waals surface area contributed by atoms with E-state index in [1.54, 1.807) is 18.2 Å². The molecule has 1 unspecified atom stereocenters. The van der Waals surface area contributed by atoms with Crippen molar-refractivity contribution in [2.75, 3.05) is 18.4 Å². The first-order valence-electron chi connectivity index (χ1n) is 8.38. The third-order valence-electron chi connectivity index (χ3n) is 4.43. The van der Waals surface area contributed by atoms with Crippen molar-refractivity contribution in [3.8, 4) is 0 Å². The summed E-state index contributed by atoms with van der Waals surface area (Å²) in [6.07, 6.45) is 0.250. The molecule has 0 saturated carbocycles. The van der Waals surface area contributed by atoms with Gasteiger partial charge in [0.25, 0.3) is 0 Å². The predicted octanol–water partition coefficient (Wildman–Crippen LogP) is 1.88. The van der Waals surface area contributed by atoms with Gasteiger partial charge in [0.15, 0.2) is 9.84 Å². The van der Waals surface area contributed by atoms with E-state index in [4.69, 9.17) is 0 Å². The van der Waals surface area contributed by atoms with Crippen molar-refractivity contribution in [3.05, 3.63) is 54.6 Å². The molecule has 1 fully saturated rings. The fourth-order valence-corrected chi connectivity index (χ4v) is 6.34. The van der Waals surface area contributed by atoms with Crippen LogP contribution in [0.25, 0.3) is 0 Å². The summed E-state index contributed by atoms with van der Waals surface area (Å²) in [5.74, 6) is -0.251. The van der Waals surface area contributed by atoms with Gasteiger partial charge < -0.3 is 5.32 Å². The van der Waals surface area contributed by atoms with Gasteiger partial charge in [-0.25, -0.2) is 16.8 Å².